The molecule has 0 aromatic rings. The van der Waals surface area contributed by atoms with Gasteiger partial charge in [0.05, 0.1) is 20.0 Å². The molecular formula is C11H20Cl2O12S. The number of aliphatic carboxylic acids is 2. The van der Waals surface area contributed by atoms with Crippen LogP contribution in [0, 0.1) is 0 Å². The van der Waals surface area contributed by atoms with Crippen molar-refractivity contribution in [2.75, 3.05) is 20.8 Å². The minimum Gasteiger partial charge on any atom is -0.481 e. The van der Waals surface area contributed by atoms with Crippen molar-refractivity contribution in [3.8, 4) is 0 Å². The van der Waals surface area contributed by atoms with Crippen LogP contribution in [0.1, 0.15) is 12.8 Å². The number of hydrogen-bond acceptors (Lipinski definition) is 10. The Kier molecular flexibility index (Phi) is 27.0. The first-order valence-corrected chi connectivity index (χ1v) is 8.89. The van der Waals surface area contributed by atoms with E-state index in [0.717, 1.165) is 14.2 Å². The molecule has 0 spiro atoms. The van der Waals surface area contributed by atoms with Crippen LogP contribution in [-0.4, -0.2) is 91.6 Å². The molecule has 2 atom stereocenters. The molecule has 0 aliphatic rings. The van der Waals surface area contributed by atoms with Crippen molar-refractivity contribution in [2.45, 2.75) is 25.0 Å². The van der Waals surface area contributed by atoms with Crippen LogP contribution in [0.3, 0.4) is 0 Å². The van der Waals surface area contributed by atoms with E-state index >= 15 is 0 Å². The molecule has 15 heteroatoms. The number of carbonyl (C=O) groups excluding carboxylic acids is 2. The number of aliphatic hydroxyl groups excluding tert-OH is 4. The molecule has 0 heterocycles. The van der Waals surface area contributed by atoms with E-state index in [1.165, 1.54) is 0 Å². The van der Waals surface area contributed by atoms with Gasteiger partial charge in [0.1, 0.15) is 12.7 Å². The maximum absolute atomic E-state index is 10.5. The lowest BCUT2D eigenvalue weighted by molar-refractivity contribution is -0.152. The smallest absolute Gasteiger partial charge is 0.333 e. The number of carboxylic acid groups (broad SMARTS) is 2. The number of halogens is 2. The number of esters is 1. The summed E-state index contributed by atoms with van der Waals surface area (Å²) >= 11 is 0. The highest BCUT2D eigenvalue weighted by Gasteiger charge is 2.18. The molecule has 0 saturated heterocycles. The second-order valence-electron chi connectivity index (χ2n) is 3.56. The van der Waals surface area contributed by atoms with E-state index < -0.39 is 64.6 Å². The minimum atomic E-state index is -1.79. The van der Waals surface area contributed by atoms with Crippen molar-refractivity contribution < 1.29 is 58.8 Å². The molecule has 0 fully saturated rings. The summed E-state index contributed by atoms with van der Waals surface area (Å²) in [6.07, 6.45) is -4.40. The fraction of sp³-hybridized carbons (Fsp3) is 0.636. The standard InChI is InChI=1S/C6H10O5.C4H6O5.CH4O.Cl2OS/c1-11-6(10)2-4(8)5(9)3-7;5-2(4(8)9)1-3(6)7;1-2;1-4(2)3/h4,7-8H,2-3H2,1H3;2,5H,1H2,(H,6,7)(H,8,9);2H,1H3;/t4-;2-;;/m00../s1. The Morgan fingerprint density at radius 3 is 1.58 bits per heavy atom. The molecule has 6 N–H and O–H groups in total. The lowest BCUT2D eigenvalue weighted by Crippen LogP contribution is -2.26. The number of aliphatic hydroxyl groups is 4. The lowest BCUT2D eigenvalue weighted by Gasteiger charge is -2.04. The van der Waals surface area contributed by atoms with Gasteiger partial charge in [0.15, 0.2) is 11.9 Å². The summed E-state index contributed by atoms with van der Waals surface area (Å²) in [6.45, 7) is -0.766. The van der Waals surface area contributed by atoms with Gasteiger partial charge < -0.3 is 35.4 Å². The van der Waals surface area contributed by atoms with E-state index in [-0.39, 0.29) is 0 Å². The number of hydrogen-bond donors (Lipinski definition) is 6. The second-order valence-corrected chi connectivity index (χ2v) is 6.08. The molecular weight excluding hydrogens is 427 g/mol. The molecule has 0 unspecified atom stereocenters. The van der Waals surface area contributed by atoms with Crippen LogP contribution in [0.4, 0.5) is 0 Å². The Labute approximate surface area is 159 Å². The monoisotopic (exact) mass is 446 g/mol. The van der Waals surface area contributed by atoms with Crippen LogP contribution in [0.5, 0.6) is 0 Å². The second kappa shape index (κ2) is 21.7. The molecule has 156 valence electrons. The zero-order chi connectivity index (χ0) is 21.9. The van der Waals surface area contributed by atoms with Crippen LogP contribution in [0.15, 0.2) is 0 Å². The van der Waals surface area contributed by atoms with E-state index in [1.54, 1.807) is 0 Å². The van der Waals surface area contributed by atoms with Gasteiger partial charge in [-0.3, -0.25) is 14.4 Å². The summed E-state index contributed by atoms with van der Waals surface area (Å²) in [5, 5.41) is 48.2. The first kappa shape index (κ1) is 32.3. The molecule has 0 aromatic heterocycles. The average molecular weight is 447 g/mol. The summed E-state index contributed by atoms with van der Waals surface area (Å²) in [7, 11) is 9.51. The van der Waals surface area contributed by atoms with Gasteiger partial charge >= 0.3 is 17.9 Å². The molecule has 0 amide bonds. The normalized spacial score (nSPS) is 11.1. The molecule has 0 aliphatic heterocycles. The fourth-order valence-electron chi connectivity index (χ4n) is 0.713. The van der Waals surface area contributed by atoms with Crippen LogP contribution >= 0.6 is 21.4 Å². The van der Waals surface area contributed by atoms with Gasteiger partial charge in [-0.05, 0) is 0 Å². The Morgan fingerprint density at radius 2 is 1.38 bits per heavy atom. The third-order valence-corrected chi connectivity index (χ3v) is 1.77. The zero-order valence-corrected chi connectivity index (χ0v) is 15.9. The molecule has 0 saturated carbocycles. The van der Waals surface area contributed by atoms with Gasteiger partial charge in [-0.15, -0.1) is 0 Å². The van der Waals surface area contributed by atoms with Crippen molar-refractivity contribution >= 4 is 54.3 Å². The first-order valence-electron chi connectivity index (χ1n) is 6.09. The number of Topliss-reactive ketones (excluding diaryl/α,β-unsaturated/α-hetero) is 1. The van der Waals surface area contributed by atoms with E-state index in [4.69, 9.17) is 34.8 Å². The van der Waals surface area contributed by atoms with Crippen molar-refractivity contribution in [1.82, 2.24) is 0 Å². The Bertz CT molecular complexity index is 441. The van der Waals surface area contributed by atoms with Crippen LogP contribution in [0.2, 0.25) is 0 Å². The topological polar surface area (TPSA) is 216 Å². The molecule has 12 nitrogen and oxygen atoms in total. The fourth-order valence-corrected chi connectivity index (χ4v) is 0.713. The maximum atomic E-state index is 10.5. The molecule has 0 rings (SSSR count). The SMILES string of the molecule is CO.COC(=O)C[C@H](O)C(=O)CO.O=C(O)C[C@H](O)C(=O)O.O=S(Cl)Cl. The van der Waals surface area contributed by atoms with Gasteiger partial charge in [-0.2, -0.15) is 0 Å². The summed E-state index contributed by atoms with van der Waals surface area (Å²) in [5.74, 6) is -4.31. The highest BCUT2D eigenvalue weighted by Crippen LogP contribution is 1.94. The van der Waals surface area contributed by atoms with Gasteiger partial charge in [-0.25, -0.2) is 9.00 Å². The summed E-state index contributed by atoms with van der Waals surface area (Å²) in [5.41, 5.74) is 0. The van der Waals surface area contributed by atoms with Crippen LogP contribution in [-0.2, 0) is 33.1 Å². The van der Waals surface area contributed by atoms with E-state index in [2.05, 4.69) is 26.1 Å². The van der Waals surface area contributed by atoms with Gasteiger partial charge in [0.25, 0.3) is 0 Å². The summed E-state index contributed by atoms with van der Waals surface area (Å²) in [4.78, 5) is 40.3. The van der Waals surface area contributed by atoms with E-state index in [9.17, 15) is 19.2 Å². The molecule has 26 heavy (non-hydrogen) atoms. The van der Waals surface area contributed by atoms with E-state index in [1.807, 2.05) is 0 Å². The minimum absolute atomic E-state index is 0.407. The van der Waals surface area contributed by atoms with Crippen molar-refractivity contribution in [3.05, 3.63) is 0 Å². The largest absolute Gasteiger partial charge is 0.481 e. The third-order valence-electron chi connectivity index (χ3n) is 1.77. The molecule has 0 aromatic carbocycles. The summed E-state index contributed by atoms with van der Waals surface area (Å²) < 4.78 is 13.3. The third kappa shape index (κ3) is 30.5. The summed E-state index contributed by atoms with van der Waals surface area (Å²) in [6, 6.07) is 0. The number of ketones is 1. The quantitative estimate of drug-likeness (QED) is 0.185. The number of ether oxygens (including phenoxy) is 1. The molecule has 0 bridgehead atoms. The van der Waals surface area contributed by atoms with Gasteiger partial charge in [0.2, 0.25) is 9.23 Å². The number of methoxy groups -OCH3 is 1. The van der Waals surface area contributed by atoms with Crippen molar-refractivity contribution in [2.24, 2.45) is 0 Å². The number of rotatable bonds is 7. The highest BCUT2D eigenvalue weighted by atomic mass is 36.0. The lowest BCUT2D eigenvalue weighted by atomic mass is 10.2. The first-order chi connectivity index (χ1) is 11.9. The molecule has 0 aliphatic carbocycles. The zero-order valence-electron chi connectivity index (χ0n) is 13.6. The predicted molar refractivity (Wildman–Crippen MR) is 88.6 cm³/mol. The Morgan fingerprint density at radius 1 is 1.00 bits per heavy atom. The number of carbonyl (C=O) groups is 4. The highest BCUT2D eigenvalue weighted by molar-refractivity contribution is 8.26. The maximum Gasteiger partial charge on any atom is 0.333 e. The van der Waals surface area contributed by atoms with Crippen LogP contribution < -0.4 is 0 Å². The predicted octanol–water partition coefficient (Wildman–Crippen LogP) is -1.97. The van der Waals surface area contributed by atoms with Crippen molar-refractivity contribution in [3.63, 3.8) is 0 Å². The van der Waals surface area contributed by atoms with Gasteiger partial charge in [-0.1, -0.05) is 0 Å². The van der Waals surface area contributed by atoms with Gasteiger partial charge in [0, 0.05) is 28.5 Å². The van der Waals surface area contributed by atoms with Crippen LogP contribution in [0.25, 0.3) is 0 Å². The Hall–Kier alpha value is -1.35. The van der Waals surface area contributed by atoms with E-state index in [0.29, 0.717) is 0 Å². The Balaban J connectivity index is -0.000000145. The average Bonchev–Trinajstić information content (AvgIpc) is 2.55. The molecule has 0 radical (unpaired) electrons. The van der Waals surface area contributed by atoms with Crippen molar-refractivity contribution in [1.29, 1.82) is 0 Å². The number of carboxylic acids is 2.